The van der Waals surface area contributed by atoms with Gasteiger partial charge in [0.05, 0.1) is 30.8 Å². The lowest BCUT2D eigenvalue weighted by Gasteiger charge is -2.11. The van der Waals surface area contributed by atoms with Gasteiger partial charge in [0.2, 0.25) is 5.91 Å². The van der Waals surface area contributed by atoms with E-state index in [2.05, 4.69) is 15.5 Å². The number of amides is 1. The van der Waals surface area contributed by atoms with Gasteiger partial charge in [-0.25, -0.2) is 10.4 Å². The molecule has 32 heavy (non-hydrogen) atoms. The number of aryl methyl sites for hydroxylation is 1. The number of rotatable bonds is 8. The molecule has 0 radical (unpaired) electrons. The Balaban J connectivity index is 1.39. The number of para-hydroxylation sites is 2. The van der Waals surface area contributed by atoms with Gasteiger partial charge in [0.1, 0.15) is 12.4 Å². The van der Waals surface area contributed by atoms with Crippen molar-refractivity contribution in [2.75, 3.05) is 7.11 Å². The van der Waals surface area contributed by atoms with Crippen LogP contribution < -0.4 is 14.9 Å². The number of nitrogens with one attached hydrogen (secondary N) is 1. The minimum atomic E-state index is -0.242. The highest BCUT2D eigenvalue weighted by molar-refractivity contribution is 5.84. The summed E-state index contributed by atoms with van der Waals surface area (Å²) >= 11 is 0. The van der Waals surface area contributed by atoms with Crippen LogP contribution in [0.5, 0.6) is 11.5 Å². The third-order valence-corrected chi connectivity index (χ3v) is 5.03. The van der Waals surface area contributed by atoms with Crippen LogP contribution >= 0.6 is 0 Å². The molecular formula is C25H24N4O3. The van der Waals surface area contributed by atoms with Gasteiger partial charge in [-0.05, 0) is 41.5 Å². The summed E-state index contributed by atoms with van der Waals surface area (Å²) < 4.78 is 13.2. The second-order valence-electron chi connectivity index (χ2n) is 7.23. The van der Waals surface area contributed by atoms with Crippen molar-refractivity contribution in [3.8, 4) is 11.5 Å². The molecule has 0 atom stereocenters. The molecule has 0 spiro atoms. The lowest BCUT2D eigenvalue weighted by molar-refractivity contribution is -0.120. The van der Waals surface area contributed by atoms with Crippen LogP contribution in [-0.2, 0) is 24.9 Å². The first-order chi connectivity index (χ1) is 15.6. The molecule has 4 aromatic rings. The van der Waals surface area contributed by atoms with Gasteiger partial charge in [-0.15, -0.1) is 0 Å². The summed E-state index contributed by atoms with van der Waals surface area (Å²) in [5.41, 5.74) is 6.24. The van der Waals surface area contributed by atoms with Crippen LogP contribution in [0.4, 0.5) is 0 Å². The summed E-state index contributed by atoms with van der Waals surface area (Å²) in [5, 5.41) is 4.08. The smallest absolute Gasteiger partial charge is 0.247 e. The van der Waals surface area contributed by atoms with Gasteiger partial charge < -0.3 is 14.0 Å². The molecule has 1 heterocycles. The van der Waals surface area contributed by atoms with E-state index in [0.717, 1.165) is 22.2 Å². The highest BCUT2D eigenvalue weighted by atomic mass is 16.5. The average molecular weight is 428 g/mol. The molecule has 0 unspecified atom stereocenters. The van der Waals surface area contributed by atoms with Crippen molar-refractivity contribution in [3.05, 3.63) is 89.7 Å². The normalized spacial score (nSPS) is 11.1. The Morgan fingerprint density at radius 2 is 1.84 bits per heavy atom. The monoisotopic (exact) mass is 428 g/mol. The molecule has 0 bridgehead atoms. The predicted octanol–water partition coefficient (Wildman–Crippen LogP) is 3.85. The lowest BCUT2D eigenvalue weighted by atomic mass is 10.2. The molecule has 1 amide bonds. The SMILES string of the molecule is COc1ccc(/C=N/NC(=O)Cc2nc3ccccc3n2C)cc1OCc1ccccc1. The predicted molar refractivity (Wildman–Crippen MR) is 124 cm³/mol. The van der Waals surface area contributed by atoms with E-state index in [1.54, 1.807) is 13.3 Å². The van der Waals surface area contributed by atoms with Crippen LogP contribution in [0.25, 0.3) is 11.0 Å². The second-order valence-corrected chi connectivity index (χ2v) is 7.23. The first-order valence-electron chi connectivity index (χ1n) is 10.2. The Morgan fingerprint density at radius 1 is 1.06 bits per heavy atom. The van der Waals surface area contributed by atoms with E-state index >= 15 is 0 Å². The number of fused-ring (bicyclic) bond motifs is 1. The first kappa shape index (κ1) is 21.1. The number of hydrogen-bond donors (Lipinski definition) is 1. The van der Waals surface area contributed by atoms with E-state index in [9.17, 15) is 4.79 Å². The van der Waals surface area contributed by atoms with Crippen LogP contribution in [-0.4, -0.2) is 28.8 Å². The Bertz CT molecular complexity index is 1250. The molecule has 162 valence electrons. The van der Waals surface area contributed by atoms with Crippen molar-refractivity contribution in [2.24, 2.45) is 12.1 Å². The number of nitrogens with zero attached hydrogens (tertiary/aromatic N) is 3. The van der Waals surface area contributed by atoms with Gasteiger partial charge in [0.15, 0.2) is 11.5 Å². The molecule has 4 rings (SSSR count). The zero-order chi connectivity index (χ0) is 22.3. The Labute approximate surface area is 186 Å². The highest BCUT2D eigenvalue weighted by Gasteiger charge is 2.11. The molecule has 7 heteroatoms. The molecule has 0 fully saturated rings. The molecule has 0 aliphatic heterocycles. The van der Waals surface area contributed by atoms with Gasteiger partial charge in [-0.1, -0.05) is 42.5 Å². The fraction of sp³-hybridized carbons (Fsp3) is 0.160. The topological polar surface area (TPSA) is 77.7 Å². The number of carbonyl (C=O) groups excluding carboxylic acids is 1. The fourth-order valence-electron chi connectivity index (χ4n) is 3.34. The largest absolute Gasteiger partial charge is 0.493 e. The molecule has 3 aromatic carbocycles. The van der Waals surface area contributed by atoms with Gasteiger partial charge >= 0.3 is 0 Å². The maximum Gasteiger partial charge on any atom is 0.247 e. The Kier molecular flexibility index (Phi) is 6.46. The van der Waals surface area contributed by atoms with E-state index in [4.69, 9.17) is 9.47 Å². The minimum Gasteiger partial charge on any atom is -0.493 e. The summed E-state index contributed by atoms with van der Waals surface area (Å²) in [6, 6.07) is 23.1. The quantitative estimate of drug-likeness (QED) is 0.342. The van der Waals surface area contributed by atoms with E-state index < -0.39 is 0 Å². The molecule has 0 saturated carbocycles. The van der Waals surface area contributed by atoms with Crippen molar-refractivity contribution < 1.29 is 14.3 Å². The fourth-order valence-corrected chi connectivity index (χ4v) is 3.34. The van der Waals surface area contributed by atoms with Gasteiger partial charge in [0.25, 0.3) is 0 Å². The summed E-state index contributed by atoms with van der Waals surface area (Å²) in [4.78, 5) is 16.9. The van der Waals surface area contributed by atoms with Crippen molar-refractivity contribution in [1.82, 2.24) is 15.0 Å². The summed E-state index contributed by atoms with van der Waals surface area (Å²) in [6.07, 6.45) is 1.71. The van der Waals surface area contributed by atoms with Crippen molar-refractivity contribution >= 4 is 23.2 Å². The number of hydrogen-bond acceptors (Lipinski definition) is 5. The van der Waals surface area contributed by atoms with Crippen LogP contribution in [0.3, 0.4) is 0 Å². The van der Waals surface area contributed by atoms with Crippen LogP contribution in [0.15, 0.2) is 77.9 Å². The third-order valence-electron chi connectivity index (χ3n) is 5.03. The van der Waals surface area contributed by atoms with Crippen LogP contribution in [0.2, 0.25) is 0 Å². The molecule has 1 aromatic heterocycles. The van der Waals surface area contributed by atoms with E-state index in [1.165, 1.54) is 0 Å². The lowest BCUT2D eigenvalue weighted by Crippen LogP contribution is -2.21. The van der Waals surface area contributed by atoms with Gasteiger partial charge in [-0.2, -0.15) is 5.10 Å². The van der Waals surface area contributed by atoms with E-state index in [1.807, 2.05) is 84.4 Å². The summed E-state index contributed by atoms with van der Waals surface area (Å²) in [5.74, 6) is 1.67. The average Bonchev–Trinajstić information content (AvgIpc) is 3.13. The van der Waals surface area contributed by atoms with Gasteiger partial charge in [-0.3, -0.25) is 4.79 Å². The van der Waals surface area contributed by atoms with Crippen molar-refractivity contribution in [2.45, 2.75) is 13.0 Å². The van der Waals surface area contributed by atoms with Crippen LogP contribution in [0.1, 0.15) is 17.0 Å². The molecular weight excluding hydrogens is 404 g/mol. The number of aromatic nitrogens is 2. The maximum absolute atomic E-state index is 12.3. The first-order valence-corrected chi connectivity index (χ1v) is 10.2. The third kappa shape index (κ3) is 4.95. The highest BCUT2D eigenvalue weighted by Crippen LogP contribution is 2.28. The minimum absolute atomic E-state index is 0.135. The number of ether oxygens (including phenoxy) is 2. The van der Waals surface area contributed by atoms with Crippen molar-refractivity contribution in [1.29, 1.82) is 0 Å². The second kappa shape index (κ2) is 9.78. The summed E-state index contributed by atoms with van der Waals surface area (Å²) in [7, 11) is 3.50. The Hall–Kier alpha value is -4.13. The molecule has 0 aliphatic rings. The standard InChI is InChI=1S/C25H24N4O3/c1-29-21-11-7-6-10-20(21)27-24(29)15-25(30)28-26-16-19-12-13-22(31-2)23(14-19)32-17-18-8-4-3-5-9-18/h3-14,16H,15,17H2,1-2H3,(H,28,30)/b26-16+. The van der Waals surface area contributed by atoms with E-state index in [-0.39, 0.29) is 12.3 Å². The molecule has 7 nitrogen and oxygen atoms in total. The zero-order valence-corrected chi connectivity index (χ0v) is 18.0. The van der Waals surface area contributed by atoms with Crippen LogP contribution in [0, 0.1) is 0 Å². The number of methoxy groups -OCH3 is 1. The zero-order valence-electron chi connectivity index (χ0n) is 18.0. The molecule has 1 N–H and O–H groups in total. The number of hydrazone groups is 1. The Morgan fingerprint density at radius 3 is 2.62 bits per heavy atom. The molecule has 0 aliphatic carbocycles. The number of carbonyl (C=O) groups is 1. The summed E-state index contributed by atoms with van der Waals surface area (Å²) in [6.45, 7) is 0.423. The maximum atomic E-state index is 12.3. The van der Waals surface area contributed by atoms with E-state index in [0.29, 0.717) is 23.9 Å². The van der Waals surface area contributed by atoms with Crippen molar-refractivity contribution in [3.63, 3.8) is 0 Å². The number of benzene rings is 3. The molecule has 0 saturated heterocycles. The number of imidazole rings is 1. The van der Waals surface area contributed by atoms with Gasteiger partial charge in [0, 0.05) is 7.05 Å².